The van der Waals surface area contributed by atoms with Crippen LogP contribution in [0.5, 0.6) is 0 Å². The van der Waals surface area contributed by atoms with Crippen LogP contribution in [0.15, 0.2) is 97.1 Å². The van der Waals surface area contributed by atoms with Gasteiger partial charge in [0, 0.05) is 0 Å². The van der Waals surface area contributed by atoms with E-state index in [1.165, 1.54) is 107 Å². The molecule has 0 atom stereocenters. The Labute approximate surface area is 279 Å². The normalized spacial score (nSPS) is 16.2. The van der Waals surface area contributed by atoms with Crippen molar-refractivity contribution in [3.05, 3.63) is 103 Å². The third-order valence-electron chi connectivity index (χ3n) is 9.11. The second kappa shape index (κ2) is 16.2. The van der Waals surface area contributed by atoms with Gasteiger partial charge < -0.3 is 24.8 Å². The molecule has 3 aliphatic carbocycles. The minimum absolute atomic E-state index is 0. The predicted octanol–water partition coefficient (Wildman–Crippen LogP) is 5.20. The van der Waals surface area contributed by atoms with Gasteiger partial charge in [-0.1, -0.05) is 77.5 Å². The van der Waals surface area contributed by atoms with Crippen LogP contribution in [0, 0.1) is 17.9 Å². The van der Waals surface area contributed by atoms with Gasteiger partial charge in [-0.2, -0.15) is 6.08 Å². The fraction of sp³-hybridized carbons (Fsp3) is 0.333. The average Bonchev–Trinajstić information content (AvgIpc) is 3.82. The first kappa shape index (κ1) is 33.0. The molecule has 0 N–H and O–H groups in total. The molecule has 2 fully saturated rings. The largest absolute Gasteiger partial charge is 0.126 e. The van der Waals surface area contributed by atoms with Gasteiger partial charge in [-0.3, -0.25) is 6.08 Å². The minimum atomic E-state index is 0. The van der Waals surface area contributed by atoms with Crippen LogP contribution in [0.2, 0.25) is 0 Å². The maximum atomic E-state index is 2.99. The molecular weight excluding hydrogens is 631 g/mol. The zero-order valence-corrected chi connectivity index (χ0v) is 28.4. The van der Waals surface area contributed by atoms with E-state index in [1.54, 1.807) is 24.2 Å². The van der Waals surface area contributed by atoms with E-state index in [4.69, 9.17) is 0 Å². The van der Waals surface area contributed by atoms with E-state index in [0.29, 0.717) is 0 Å². The zero-order chi connectivity index (χ0) is 27.1. The number of benzene rings is 4. The smallest absolute Gasteiger partial charge is 0.0255 e. The van der Waals surface area contributed by atoms with Crippen LogP contribution < -0.4 is 24.8 Å². The first-order valence-corrected chi connectivity index (χ1v) is 16.7. The molecule has 0 aliphatic heterocycles. The number of fused-ring (bicyclic) bond motifs is 8. The quantitative estimate of drug-likeness (QED) is 0.182. The Morgan fingerprint density at radius 3 is 1.69 bits per heavy atom. The topological polar surface area (TPSA) is 0 Å². The molecule has 3 aliphatic rings. The molecule has 3 heteroatoms. The molecule has 216 valence electrons. The fourth-order valence-electron chi connectivity index (χ4n) is 7.16. The fourth-order valence-corrected chi connectivity index (χ4v) is 8.58. The Balaban J connectivity index is 0.000000168. The van der Waals surface area contributed by atoms with Crippen LogP contribution >= 0.6 is 0 Å². The number of hydrogen-bond acceptors (Lipinski definition) is 0. The second-order valence-electron chi connectivity index (χ2n) is 11.9. The number of rotatable bonds is 4. The van der Waals surface area contributed by atoms with Crippen molar-refractivity contribution in [2.24, 2.45) is 11.8 Å². The van der Waals surface area contributed by atoms with Gasteiger partial charge in [-0.25, -0.2) is 12.2 Å². The van der Waals surface area contributed by atoms with Gasteiger partial charge in [0.1, 0.15) is 0 Å². The van der Waals surface area contributed by atoms with E-state index >= 15 is 0 Å². The molecule has 0 unspecified atom stereocenters. The van der Waals surface area contributed by atoms with E-state index in [9.17, 15) is 0 Å². The van der Waals surface area contributed by atoms with Crippen molar-refractivity contribution in [3.8, 4) is 0 Å². The number of hydrogen-bond donors (Lipinski definition) is 0. The van der Waals surface area contributed by atoms with E-state index in [2.05, 4.69) is 91.0 Å². The van der Waals surface area contributed by atoms with Gasteiger partial charge in [0.2, 0.25) is 0 Å². The average molecular weight is 671 g/mol. The van der Waals surface area contributed by atoms with Gasteiger partial charge >= 0.3 is 103 Å². The summed E-state index contributed by atoms with van der Waals surface area (Å²) in [7, 11) is 0. The Morgan fingerprint density at radius 1 is 0.667 bits per heavy atom. The Kier molecular flexibility index (Phi) is 12.8. The molecule has 42 heavy (non-hydrogen) atoms. The van der Waals surface area contributed by atoms with Crippen LogP contribution in [0.1, 0.15) is 70.6 Å². The molecule has 2 saturated carbocycles. The summed E-state index contributed by atoms with van der Waals surface area (Å²) in [5, 5.41) is 10.8. The number of halogens is 2. The molecular formula is C39H40Cl2Zr-2. The molecule has 5 aromatic carbocycles. The van der Waals surface area contributed by atoms with Crippen LogP contribution in [-0.4, -0.2) is 3.21 Å². The Hall–Kier alpha value is -1.92. The number of allylic oxidation sites excluding steroid dienone is 4. The molecule has 5 aromatic rings. The van der Waals surface area contributed by atoms with Gasteiger partial charge in [-0.05, 0) is 10.8 Å². The molecule has 0 bridgehead atoms. The minimum Gasteiger partial charge on any atom is -0.126 e. The Morgan fingerprint density at radius 2 is 1.17 bits per heavy atom. The first-order chi connectivity index (χ1) is 19.8. The van der Waals surface area contributed by atoms with E-state index in [0.717, 1.165) is 18.3 Å². The van der Waals surface area contributed by atoms with Crippen molar-refractivity contribution in [2.75, 3.05) is 0 Å². The van der Waals surface area contributed by atoms with Crippen molar-refractivity contribution in [1.82, 2.24) is 0 Å². The molecule has 0 spiro atoms. The van der Waals surface area contributed by atoms with Gasteiger partial charge in [-0.15, -0.1) is 40.1 Å². The zero-order valence-electron chi connectivity index (χ0n) is 24.4. The summed E-state index contributed by atoms with van der Waals surface area (Å²) in [4.78, 5) is 0. The van der Waals surface area contributed by atoms with Gasteiger partial charge in [0.05, 0.1) is 0 Å². The van der Waals surface area contributed by atoms with Crippen LogP contribution in [0.3, 0.4) is 0 Å². The molecule has 0 amide bonds. The summed E-state index contributed by atoms with van der Waals surface area (Å²) in [5.74, 6) is 2.18. The molecule has 0 aromatic heterocycles. The summed E-state index contributed by atoms with van der Waals surface area (Å²) in [6.07, 6.45) is 25.2. The van der Waals surface area contributed by atoms with Crippen molar-refractivity contribution in [2.45, 2.75) is 70.6 Å². The van der Waals surface area contributed by atoms with Crippen LogP contribution in [-0.2, 0) is 24.2 Å². The molecule has 0 heterocycles. The third kappa shape index (κ3) is 7.77. The molecule has 0 radical (unpaired) electrons. The Bertz CT molecular complexity index is 1630. The summed E-state index contributed by atoms with van der Waals surface area (Å²) >= 11 is 1.74. The maximum Gasteiger partial charge on any atom is -0.0255 e. The molecule has 0 nitrogen and oxygen atoms in total. The van der Waals surface area contributed by atoms with Crippen LogP contribution in [0.25, 0.3) is 43.1 Å². The third-order valence-corrected chi connectivity index (χ3v) is 10.1. The second-order valence-corrected chi connectivity index (χ2v) is 13.7. The van der Waals surface area contributed by atoms with Gasteiger partial charge in [0.25, 0.3) is 0 Å². The van der Waals surface area contributed by atoms with E-state index in [-0.39, 0.29) is 24.8 Å². The van der Waals surface area contributed by atoms with E-state index in [1.807, 2.05) is 15.4 Å². The van der Waals surface area contributed by atoms with E-state index < -0.39 is 0 Å². The SMILES string of the molecule is [C-]1=CC=CC1.[Cl-].[Cl-].[Zr+2]=[C](CC1CCCC1)CC1CCCC1.c1ccc2c(c1)[cH-]c1c3ccccc3c3ccccc3c21. The maximum absolute atomic E-state index is 2.99. The summed E-state index contributed by atoms with van der Waals surface area (Å²) < 4.78 is 1.90. The first-order valence-electron chi connectivity index (χ1n) is 15.4. The van der Waals surface area contributed by atoms with Crippen molar-refractivity contribution in [1.29, 1.82) is 0 Å². The molecule has 0 saturated heterocycles. The van der Waals surface area contributed by atoms with Gasteiger partial charge in [0.15, 0.2) is 0 Å². The molecule has 8 rings (SSSR count). The summed E-state index contributed by atoms with van der Waals surface area (Å²) in [6, 6.07) is 28.5. The predicted molar refractivity (Wildman–Crippen MR) is 172 cm³/mol. The summed E-state index contributed by atoms with van der Waals surface area (Å²) in [5.41, 5.74) is 0. The van der Waals surface area contributed by atoms with Crippen molar-refractivity contribution >= 4 is 46.3 Å². The van der Waals surface area contributed by atoms with Crippen LogP contribution in [0.4, 0.5) is 0 Å². The summed E-state index contributed by atoms with van der Waals surface area (Å²) in [6.45, 7) is 0. The van der Waals surface area contributed by atoms with Crippen molar-refractivity contribution < 1.29 is 49.0 Å². The standard InChI is InChI=1S/C21H13.C13H22.C5H5.2ClH.Zr/c1-2-8-15-14(7-1)13-20-18-11-4-3-9-16(18)17-10-5-6-12-19(17)21(15)20;1-2-7-12(6-1)10-5-11-13-8-3-4-9-13;1-2-4-5-3-1;;;/h1-13H;12-13H,1-4,6-11H2;1-3H,4H2;2*1H;/q-1;;-1;;;+2/p-2. The monoisotopic (exact) mass is 668 g/mol. The van der Waals surface area contributed by atoms with Crippen molar-refractivity contribution in [3.63, 3.8) is 0 Å².